The molecule has 1 atom stereocenters. The molecule has 1 N–H and O–H groups in total. The molecule has 0 rings (SSSR count). The second-order valence-electron chi connectivity index (χ2n) is 2.13. The van der Waals surface area contributed by atoms with Crippen molar-refractivity contribution in [2.45, 2.75) is 6.92 Å². The third kappa shape index (κ3) is 5.15. The van der Waals surface area contributed by atoms with Gasteiger partial charge in [0.2, 0.25) is 0 Å². The molecule has 2 heteroatoms. The molecule has 0 bridgehead atoms. The van der Waals surface area contributed by atoms with E-state index in [1.807, 2.05) is 0 Å². The summed E-state index contributed by atoms with van der Waals surface area (Å²) in [7, 11) is 0. The summed E-state index contributed by atoms with van der Waals surface area (Å²) in [6, 6.07) is 0. The van der Waals surface area contributed by atoms with Crippen LogP contribution in [0.3, 0.4) is 0 Å². The Morgan fingerprint density at radius 3 is 2.55 bits per heavy atom. The van der Waals surface area contributed by atoms with Gasteiger partial charge in [0.1, 0.15) is 0 Å². The number of hydrogen-bond acceptors (Lipinski definition) is 1. The van der Waals surface area contributed by atoms with Crippen LogP contribution in [0.5, 0.6) is 0 Å². The Morgan fingerprint density at radius 2 is 2.09 bits per heavy atom. The van der Waals surface area contributed by atoms with Crippen molar-refractivity contribution in [1.82, 2.24) is 0 Å². The van der Waals surface area contributed by atoms with E-state index < -0.39 is 11.9 Å². The smallest absolute Gasteiger partial charge is 0.310 e. The number of carbonyl (C=O) groups is 1. The molecule has 0 heterocycles. The van der Waals surface area contributed by atoms with Crippen LogP contribution >= 0.6 is 0 Å². The van der Waals surface area contributed by atoms with Crippen LogP contribution < -0.4 is 0 Å². The minimum atomic E-state index is -0.812. The molecule has 1 unspecified atom stereocenters. The summed E-state index contributed by atoms with van der Waals surface area (Å²) in [5, 5.41) is 8.44. The van der Waals surface area contributed by atoms with Crippen molar-refractivity contribution in [3.8, 4) is 0 Å². The van der Waals surface area contributed by atoms with E-state index in [-0.39, 0.29) is 0 Å². The Kier molecular flexibility index (Phi) is 4.82. The van der Waals surface area contributed by atoms with Crippen LogP contribution in [0.25, 0.3) is 0 Å². The highest BCUT2D eigenvalue weighted by molar-refractivity contribution is 5.71. The highest BCUT2D eigenvalue weighted by atomic mass is 16.4. The molecule has 0 aliphatic rings. The Hall–Kier alpha value is -1.31. The molecule has 0 saturated carbocycles. The van der Waals surface area contributed by atoms with Crippen molar-refractivity contribution in [2.75, 3.05) is 0 Å². The largest absolute Gasteiger partial charge is 0.481 e. The molecule has 0 saturated heterocycles. The topological polar surface area (TPSA) is 37.3 Å². The third-order valence-corrected chi connectivity index (χ3v) is 1.15. The molecular formula is C9H12O2. The monoisotopic (exact) mass is 152 g/mol. The number of rotatable bonds is 4. The van der Waals surface area contributed by atoms with Crippen LogP contribution in [0.4, 0.5) is 0 Å². The summed E-state index contributed by atoms with van der Waals surface area (Å²) >= 11 is 0. The van der Waals surface area contributed by atoms with Crippen molar-refractivity contribution >= 4 is 5.97 Å². The minimum absolute atomic E-state index is 0.426. The minimum Gasteiger partial charge on any atom is -0.481 e. The van der Waals surface area contributed by atoms with Gasteiger partial charge in [0.25, 0.3) is 0 Å². The lowest BCUT2D eigenvalue weighted by Crippen LogP contribution is -2.05. The van der Waals surface area contributed by atoms with E-state index in [0.29, 0.717) is 0 Å². The van der Waals surface area contributed by atoms with Gasteiger partial charge in [0.05, 0.1) is 5.92 Å². The van der Waals surface area contributed by atoms with Crippen molar-refractivity contribution in [2.24, 2.45) is 5.92 Å². The first-order valence-electron chi connectivity index (χ1n) is 3.37. The summed E-state index contributed by atoms with van der Waals surface area (Å²) < 4.78 is 0. The quantitative estimate of drug-likeness (QED) is 0.625. The van der Waals surface area contributed by atoms with Crippen LogP contribution in [0, 0.1) is 5.92 Å². The van der Waals surface area contributed by atoms with Crippen LogP contribution in [0.2, 0.25) is 0 Å². The van der Waals surface area contributed by atoms with E-state index in [4.69, 9.17) is 5.11 Å². The first-order valence-corrected chi connectivity index (χ1v) is 3.37. The highest BCUT2D eigenvalue weighted by Crippen LogP contribution is 1.96. The fourth-order valence-corrected chi connectivity index (χ4v) is 0.456. The molecule has 0 aliphatic heterocycles. The molecular weight excluding hydrogens is 140 g/mol. The zero-order valence-electron chi connectivity index (χ0n) is 6.53. The highest BCUT2D eigenvalue weighted by Gasteiger charge is 2.03. The van der Waals surface area contributed by atoms with Gasteiger partial charge in [-0.1, -0.05) is 37.0 Å². The van der Waals surface area contributed by atoms with E-state index in [1.165, 1.54) is 0 Å². The summed E-state index contributed by atoms with van der Waals surface area (Å²) in [4.78, 5) is 10.3. The predicted octanol–water partition coefficient (Wildman–Crippen LogP) is 2.01. The van der Waals surface area contributed by atoms with Gasteiger partial charge in [0.15, 0.2) is 0 Å². The molecule has 60 valence electrons. The Morgan fingerprint density at radius 1 is 1.45 bits per heavy atom. The van der Waals surface area contributed by atoms with Crippen molar-refractivity contribution < 1.29 is 9.90 Å². The van der Waals surface area contributed by atoms with E-state index in [1.54, 1.807) is 37.3 Å². The summed E-state index contributed by atoms with van der Waals surface area (Å²) in [5.74, 6) is -1.24. The second kappa shape index (κ2) is 5.47. The van der Waals surface area contributed by atoms with Crippen LogP contribution in [0.1, 0.15) is 6.92 Å². The standard InChI is InChI=1S/C9H12O2/c1-3-4-5-6-7-8(2)9(10)11/h3-8H,1H2,2H3,(H,10,11). The maximum atomic E-state index is 10.3. The lowest BCUT2D eigenvalue weighted by molar-refractivity contribution is -0.139. The third-order valence-electron chi connectivity index (χ3n) is 1.15. The number of hydrogen-bond donors (Lipinski definition) is 1. The molecule has 0 aliphatic carbocycles. The first kappa shape index (κ1) is 9.69. The normalized spacial score (nSPS) is 13.9. The maximum Gasteiger partial charge on any atom is 0.310 e. The van der Waals surface area contributed by atoms with Gasteiger partial charge in [-0.15, -0.1) is 0 Å². The molecule has 0 spiro atoms. The lowest BCUT2D eigenvalue weighted by atomic mass is 10.2. The number of aliphatic carboxylic acids is 1. The Bertz CT molecular complexity index is 190. The van der Waals surface area contributed by atoms with Gasteiger partial charge < -0.3 is 5.11 Å². The SMILES string of the molecule is C=CC=CC=CC(C)C(=O)O. The average Bonchev–Trinajstić information content (AvgIpc) is 1.97. The Balaban J connectivity index is 3.82. The van der Waals surface area contributed by atoms with Gasteiger partial charge in [0, 0.05) is 0 Å². The van der Waals surface area contributed by atoms with Gasteiger partial charge in [-0.2, -0.15) is 0 Å². The predicted molar refractivity (Wildman–Crippen MR) is 45.3 cm³/mol. The summed E-state index contributed by atoms with van der Waals surface area (Å²) in [6.45, 7) is 5.10. The lowest BCUT2D eigenvalue weighted by Gasteiger charge is -1.94. The van der Waals surface area contributed by atoms with E-state index in [2.05, 4.69) is 6.58 Å². The van der Waals surface area contributed by atoms with Gasteiger partial charge >= 0.3 is 5.97 Å². The second-order valence-corrected chi connectivity index (χ2v) is 2.13. The first-order chi connectivity index (χ1) is 5.18. The van der Waals surface area contributed by atoms with Gasteiger partial charge in [-0.05, 0) is 6.92 Å². The van der Waals surface area contributed by atoms with Gasteiger partial charge in [-0.3, -0.25) is 4.79 Å². The summed E-state index contributed by atoms with van der Waals surface area (Å²) in [5.41, 5.74) is 0. The maximum absolute atomic E-state index is 10.3. The van der Waals surface area contributed by atoms with Crippen molar-refractivity contribution in [1.29, 1.82) is 0 Å². The molecule has 0 amide bonds. The average molecular weight is 152 g/mol. The fraction of sp³-hybridized carbons (Fsp3) is 0.222. The fourth-order valence-electron chi connectivity index (χ4n) is 0.456. The zero-order chi connectivity index (χ0) is 8.69. The molecule has 0 aromatic heterocycles. The molecule has 11 heavy (non-hydrogen) atoms. The number of carboxylic acids is 1. The van der Waals surface area contributed by atoms with Crippen molar-refractivity contribution in [3.63, 3.8) is 0 Å². The molecule has 0 fully saturated rings. The van der Waals surface area contributed by atoms with E-state index >= 15 is 0 Å². The number of carboxylic acid groups (broad SMARTS) is 1. The van der Waals surface area contributed by atoms with Crippen molar-refractivity contribution in [3.05, 3.63) is 37.0 Å². The van der Waals surface area contributed by atoms with E-state index in [9.17, 15) is 4.79 Å². The van der Waals surface area contributed by atoms with Crippen LogP contribution in [-0.2, 0) is 4.79 Å². The Labute approximate surface area is 66.5 Å². The number of allylic oxidation sites excluding steroid dienone is 4. The molecule has 0 aromatic carbocycles. The van der Waals surface area contributed by atoms with Crippen LogP contribution in [-0.4, -0.2) is 11.1 Å². The van der Waals surface area contributed by atoms with Crippen LogP contribution in [0.15, 0.2) is 37.0 Å². The van der Waals surface area contributed by atoms with E-state index in [0.717, 1.165) is 0 Å². The molecule has 0 radical (unpaired) electrons. The van der Waals surface area contributed by atoms with Gasteiger partial charge in [-0.25, -0.2) is 0 Å². The zero-order valence-corrected chi connectivity index (χ0v) is 6.53. The molecule has 2 nitrogen and oxygen atoms in total. The molecule has 0 aromatic rings. The summed E-state index contributed by atoms with van der Waals surface area (Å²) in [6.07, 6.45) is 8.43.